The predicted molar refractivity (Wildman–Crippen MR) is 118 cm³/mol. The molecular weight excluding hydrogens is 364 g/mol. The summed E-state index contributed by atoms with van der Waals surface area (Å²) in [5, 5.41) is 17.3. The van der Waals surface area contributed by atoms with Gasteiger partial charge < -0.3 is 20.5 Å². The number of nitrogens with one attached hydrogen (secondary N) is 2. The molecule has 6 nitrogen and oxygen atoms in total. The summed E-state index contributed by atoms with van der Waals surface area (Å²) in [6, 6.07) is 8.44. The molecule has 0 saturated heterocycles. The minimum absolute atomic E-state index is 0.111. The van der Waals surface area contributed by atoms with Gasteiger partial charge in [-0.05, 0) is 70.1 Å². The van der Waals surface area contributed by atoms with Gasteiger partial charge in [-0.25, -0.2) is 0 Å². The molecule has 0 amide bonds. The van der Waals surface area contributed by atoms with Crippen LogP contribution in [0.2, 0.25) is 0 Å². The molecule has 1 unspecified atom stereocenters. The molecule has 6 heteroatoms. The van der Waals surface area contributed by atoms with Gasteiger partial charge in [0.1, 0.15) is 5.75 Å². The highest BCUT2D eigenvalue weighted by atomic mass is 16.5. The van der Waals surface area contributed by atoms with Crippen molar-refractivity contribution in [3.63, 3.8) is 0 Å². The fourth-order valence-electron chi connectivity index (χ4n) is 3.50. The number of rotatable bonds is 12. The number of aliphatic hydroxyl groups is 1. The maximum atomic E-state index is 10.6. The lowest BCUT2D eigenvalue weighted by Gasteiger charge is -2.22. The first kappa shape index (κ1) is 21.9. The molecule has 0 aromatic heterocycles. The Bertz CT molecular complexity index is 656. The van der Waals surface area contributed by atoms with E-state index in [1.807, 2.05) is 38.1 Å². The molecule has 2 saturated carbocycles. The highest BCUT2D eigenvalue weighted by molar-refractivity contribution is 5.79. The largest absolute Gasteiger partial charge is 0.491 e. The fourth-order valence-corrected chi connectivity index (χ4v) is 3.50. The van der Waals surface area contributed by atoms with E-state index in [-0.39, 0.29) is 6.10 Å². The van der Waals surface area contributed by atoms with Crippen LogP contribution in [0.25, 0.3) is 0 Å². The SMILES string of the molecule is CCNC(=NCC(O)c1cccc(OC(C)C)c1)NCCN(CC1CC1)C1CC1. The Morgan fingerprint density at radius 3 is 2.69 bits per heavy atom. The summed E-state index contributed by atoms with van der Waals surface area (Å²) in [7, 11) is 0. The molecule has 2 aliphatic rings. The van der Waals surface area contributed by atoms with Gasteiger partial charge in [-0.2, -0.15) is 0 Å². The van der Waals surface area contributed by atoms with Gasteiger partial charge in [-0.15, -0.1) is 0 Å². The van der Waals surface area contributed by atoms with Gasteiger partial charge in [0.25, 0.3) is 0 Å². The van der Waals surface area contributed by atoms with Crippen molar-refractivity contribution in [2.75, 3.05) is 32.7 Å². The van der Waals surface area contributed by atoms with Crippen LogP contribution in [0.3, 0.4) is 0 Å². The van der Waals surface area contributed by atoms with Gasteiger partial charge in [0.2, 0.25) is 0 Å². The van der Waals surface area contributed by atoms with Crippen LogP contribution in [0.1, 0.15) is 58.1 Å². The summed E-state index contributed by atoms with van der Waals surface area (Å²) in [6.07, 6.45) is 4.97. The number of ether oxygens (including phenoxy) is 1. The zero-order chi connectivity index (χ0) is 20.6. The van der Waals surface area contributed by atoms with E-state index < -0.39 is 6.10 Å². The second kappa shape index (κ2) is 10.8. The fraction of sp³-hybridized carbons (Fsp3) is 0.696. The molecule has 3 rings (SSSR count). The van der Waals surface area contributed by atoms with Crippen LogP contribution in [0.15, 0.2) is 29.3 Å². The molecule has 29 heavy (non-hydrogen) atoms. The van der Waals surface area contributed by atoms with Crippen LogP contribution >= 0.6 is 0 Å². The normalized spacial score (nSPS) is 18.2. The molecule has 0 aliphatic heterocycles. The van der Waals surface area contributed by atoms with Crippen LogP contribution in [0.4, 0.5) is 0 Å². The van der Waals surface area contributed by atoms with Gasteiger partial charge in [0.15, 0.2) is 5.96 Å². The van der Waals surface area contributed by atoms with Crippen molar-refractivity contribution < 1.29 is 9.84 Å². The molecule has 2 aliphatic carbocycles. The Morgan fingerprint density at radius 1 is 1.24 bits per heavy atom. The van der Waals surface area contributed by atoms with Crippen molar-refractivity contribution in [3.8, 4) is 5.75 Å². The van der Waals surface area contributed by atoms with Gasteiger partial charge in [0, 0.05) is 32.2 Å². The Morgan fingerprint density at radius 2 is 2.03 bits per heavy atom. The zero-order valence-electron chi connectivity index (χ0n) is 18.2. The highest BCUT2D eigenvalue weighted by Gasteiger charge is 2.33. The van der Waals surface area contributed by atoms with Crippen LogP contribution in [0.5, 0.6) is 5.75 Å². The molecule has 0 heterocycles. The Labute approximate surface area is 175 Å². The van der Waals surface area contributed by atoms with E-state index in [1.165, 1.54) is 32.2 Å². The Hall–Kier alpha value is -1.79. The molecular formula is C23H38N4O2. The lowest BCUT2D eigenvalue weighted by Crippen LogP contribution is -2.42. The number of guanidine groups is 1. The maximum absolute atomic E-state index is 10.6. The van der Waals surface area contributed by atoms with Gasteiger partial charge in [-0.3, -0.25) is 9.89 Å². The predicted octanol–water partition coefficient (Wildman–Crippen LogP) is 2.94. The highest BCUT2D eigenvalue weighted by Crippen LogP contribution is 2.34. The van der Waals surface area contributed by atoms with Crippen LogP contribution in [0, 0.1) is 5.92 Å². The molecule has 2 fully saturated rings. The quantitative estimate of drug-likeness (QED) is 0.370. The second-order valence-corrected chi connectivity index (χ2v) is 8.57. The van der Waals surface area contributed by atoms with E-state index >= 15 is 0 Å². The zero-order valence-corrected chi connectivity index (χ0v) is 18.2. The number of aliphatic hydroxyl groups excluding tert-OH is 1. The summed E-state index contributed by atoms with van der Waals surface area (Å²) in [5.74, 6) is 2.48. The van der Waals surface area contributed by atoms with E-state index in [0.29, 0.717) is 6.54 Å². The molecule has 0 radical (unpaired) electrons. The van der Waals surface area contributed by atoms with Crippen LogP contribution in [-0.4, -0.2) is 60.8 Å². The lowest BCUT2D eigenvalue weighted by atomic mass is 10.1. The standard InChI is InChI=1S/C23H38N4O2/c1-4-24-23(25-12-13-27(20-10-11-20)16-18-8-9-18)26-15-22(28)19-6-5-7-21(14-19)29-17(2)3/h5-7,14,17-18,20,22,28H,4,8-13,15-16H2,1-3H3,(H2,24,25,26). The summed E-state index contributed by atoms with van der Waals surface area (Å²) >= 11 is 0. The summed E-state index contributed by atoms with van der Waals surface area (Å²) < 4.78 is 5.72. The minimum atomic E-state index is -0.654. The first-order valence-electron chi connectivity index (χ1n) is 11.3. The van der Waals surface area contributed by atoms with Crippen molar-refractivity contribution in [2.45, 2.75) is 64.7 Å². The number of hydrogen-bond donors (Lipinski definition) is 3. The number of benzene rings is 1. The van der Waals surface area contributed by atoms with E-state index in [1.54, 1.807) is 0 Å². The Kier molecular flexibility index (Phi) is 8.19. The second-order valence-electron chi connectivity index (χ2n) is 8.57. The van der Waals surface area contributed by atoms with E-state index in [2.05, 4.69) is 27.4 Å². The first-order valence-corrected chi connectivity index (χ1v) is 11.3. The number of hydrogen-bond acceptors (Lipinski definition) is 4. The molecule has 1 aromatic carbocycles. The summed E-state index contributed by atoms with van der Waals surface area (Å²) in [5.41, 5.74) is 0.826. The molecule has 1 atom stereocenters. The van der Waals surface area contributed by atoms with Gasteiger partial charge in [-0.1, -0.05) is 12.1 Å². The van der Waals surface area contributed by atoms with Crippen molar-refractivity contribution in [1.29, 1.82) is 0 Å². The van der Waals surface area contributed by atoms with Crippen molar-refractivity contribution in [1.82, 2.24) is 15.5 Å². The first-order chi connectivity index (χ1) is 14.0. The number of nitrogens with zero attached hydrogens (tertiary/aromatic N) is 2. The Balaban J connectivity index is 1.48. The summed E-state index contributed by atoms with van der Waals surface area (Å²) in [4.78, 5) is 7.24. The third kappa shape index (κ3) is 7.86. The van der Waals surface area contributed by atoms with E-state index in [4.69, 9.17) is 4.74 Å². The molecule has 0 spiro atoms. The topological polar surface area (TPSA) is 69.1 Å². The van der Waals surface area contributed by atoms with Gasteiger partial charge in [0.05, 0.1) is 18.8 Å². The van der Waals surface area contributed by atoms with Crippen LogP contribution in [-0.2, 0) is 0 Å². The monoisotopic (exact) mass is 402 g/mol. The third-order valence-corrected chi connectivity index (χ3v) is 5.33. The van der Waals surface area contributed by atoms with Crippen molar-refractivity contribution in [3.05, 3.63) is 29.8 Å². The maximum Gasteiger partial charge on any atom is 0.191 e. The van der Waals surface area contributed by atoms with Crippen LogP contribution < -0.4 is 15.4 Å². The summed E-state index contributed by atoms with van der Waals surface area (Å²) in [6.45, 7) is 10.4. The average Bonchev–Trinajstić information content (AvgIpc) is 3.58. The van der Waals surface area contributed by atoms with Crippen molar-refractivity contribution >= 4 is 5.96 Å². The van der Waals surface area contributed by atoms with E-state index in [0.717, 1.165) is 48.9 Å². The smallest absolute Gasteiger partial charge is 0.191 e. The molecule has 3 N–H and O–H groups in total. The minimum Gasteiger partial charge on any atom is -0.491 e. The average molecular weight is 403 g/mol. The molecule has 0 bridgehead atoms. The third-order valence-electron chi connectivity index (χ3n) is 5.33. The molecule has 1 aromatic rings. The van der Waals surface area contributed by atoms with Crippen molar-refractivity contribution in [2.24, 2.45) is 10.9 Å². The van der Waals surface area contributed by atoms with Gasteiger partial charge >= 0.3 is 0 Å². The van der Waals surface area contributed by atoms with E-state index in [9.17, 15) is 5.11 Å². The number of aliphatic imine (C=N–C) groups is 1. The molecule has 162 valence electrons. The lowest BCUT2D eigenvalue weighted by molar-refractivity contribution is 0.185.